The fourth-order valence-electron chi connectivity index (χ4n) is 3.10. The minimum atomic E-state index is -3.64. The second kappa shape index (κ2) is 6.62. The normalized spacial score (nSPS) is 23.2. The van der Waals surface area contributed by atoms with Crippen LogP contribution in [0.25, 0.3) is 0 Å². The van der Waals surface area contributed by atoms with Crippen molar-refractivity contribution < 1.29 is 22.7 Å². The number of esters is 1. The molecule has 0 unspecified atom stereocenters. The van der Waals surface area contributed by atoms with Crippen LogP contribution in [0.1, 0.15) is 23.7 Å². The van der Waals surface area contributed by atoms with Crippen LogP contribution in [0.3, 0.4) is 0 Å². The summed E-state index contributed by atoms with van der Waals surface area (Å²) in [6.45, 7) is 3.45. The molecular weight excluding hydrogens is 332 g/mol. The fourth-order valence-corrected chi connectivity index (χ4v) is 4.57. The number of ether oxygens (including phenoxy) is 1. The van der Waals surface area contributed by atoms with Crippen molar-refractivity contribution in [3.05, 3.63) is 29.8 Å². The highest BCUT2D eigenvalue weighted by Gasteiger charge is 2.36. The van der Waals surface area contributed by atoms with Crippen LogP contribution in [-0.2, 0) is 19.6 Å². The molecule has 0 spiro atoms. The zero-order valence-corrected chi connectivity index (χ0v) is 14.3. The summed E-state index contributed by atoms with van der Waals surface area (Å²) in [6.07, 6.45) is 0.659. The summed E-state index contributed by atoms with van der Waals surface area (Å²) in [6, 6.07) is 5.84. The van der Waals surface area contributed by atoms with Crippen molar-refractivity contribution in [2.45, 2.75) is 24.3 Å². The van der Waals surface area contributed by atoms with Gasteiger partial charge in [0.05, 0.1) is 11.5 Å². The van der Waals surface area contributed by atoms with Gasteiger partial charge in [-0.05, 0) is 19.1 Å². The zero-order valence-electron chi connectivity index (χ0n) is 13.5. The lowest BCUT2D eigenvalue weighted by Gasteiger charge is -2.35. The summed E-state index contributed by atoms with van der Waals surface area (Å²) in [5, 5.41) is 0. The van der Waals surface area contributed by atoms with E-state index in [0.717, 1.165) is 0 Å². The number of benzene rings is 1. The number of Topliss-reactive ketones (excluding diaryl/α,β-unsaturated/α-hetero) is 1. The smallest absolute Gasteiger partial charge is 0.323 e. The monoisotopic (exact) mass is 352 g/mol. The van der Waals surface area contributed by atoms with Crippen molar-refractivity contribution in [3.8, 4) is 0 Å². The molecule has 0 aliphatic carbocycles. The topological polar surface area (TPSA) is 84.0 Å². The van der Waals surface area contributed by atoms with Crippen LogP contribution in [0.2, 0.25) is 0 Å². The highest BCUT2D eigenvalue weighted by molar-refractivity contribution is 7.89. The molecule has 1 atom stereocenters. The molecule has 2 heterocycles. The number of piperazine rings is 1. The minimum absolute atomic E-state index is 0.129. The molecule has 1 aromatic rings. The predicted octanol–water partition coefficient (Wildman–Crippen LogP) is 0.511. The molecule has 2 fully saturated rings. The van der Waals surface area contributed by atoms with Crippen molar-refractivity contribution in [1.82, 2.24) is 9.21 Å². The van der Waals surface area contributed by atoms with Crippen LogP contribution in [0.15, 0.2) is 29.2 Å². The maximum atomic E-state index is 12.8. The van der Waals surface area contributed by atoms with Gasteiger partial charge in [-0.15, -0.1) is 0 Å². The molecule has 2 aliphatic heterocycles. The Bertz CT molecular complexity index is 753. The van der Waals surface area contributed by atoms with Gasteiger partial charge in [0.25, 0.3) is 0 Å². The fraction of sp³-hybridized carbons (Fsp3) is 0.500. The molecule has 24 heavy (non-hydrogen) atoms. The Morgan fingerprint density at radius 2 is 1.92 bits per heavy atom. The third-order valence-electron chi connectivity index (χ3n) is 4.50. The van der Waals surface area contributed by atoms with Gasteiger partial charge in [-0.25, -0.2) is 8.42 Å². The number of rotatable bonds is 4. The van der Waals surface area contributed by atoms with Crippen molar-refractivity contribution >= 4 is 21.8 Å². The minimum Gasteiger partial charge on any atom is -0.464 e. The summed E-state index contributed by atoms with van der Waals surface area (Å²) in [4.78, 5) is 25.2. The quantitative estimate of drug-likeness (QED) is 0.580. The molecule has 3 rings (SSSR count). The number of sulfonamides is 1. The van der Waals surface area contributed by atoms with Crippen LogP contribution in [0.4, 0.5) is 0 Å². The number of cyclic esters (lactones) is 1. The lowest BCUT2D eigenvalue weighted by Crippen LogP contribution is -2.52. The van der Waals surface area contributed by atoms with Crippen LogP contribution in [0, 0.1) is 0 Å². The van der Waals surface area contributed by atoms with Crippen LogP contribution < -0.4 is 0 Å². The van der Waals surface area contributed by atoms with Crippen LogP contribution >= 0.6 is 0 Å². The first kappa shape index (κ1) is 17.1. The number of nitrogens with zero attached hydrogens (tertiary/aromatic N) is 2. The maximum absolute atomic E-state index is 12.8. The Morgan fingerprint density at radius 3 is 2.50 bits per heavy atom. The van der Waals surface area contributed by atoms with E-state index in [9.17, 15) is 18.0 Å². The second-order valence-electron chi connectivity index (χ2n) is 6.00. The average Bonchev–Trinajstić information content (AvgIpc) is 3.01. The van der Waals surface area contributed by atoms with Crippen LogP contribution in [0.5, 0.6) is 0 Å². The second-order valence-corrected chi connectivity index (χ2v) is 7.93. The van der Waals surface area contributed by atoms with Gasteiger partial charge in [-0.3, -0.25) is 14.5 Å². The van der Waals surface area contributed by atoms with Gasteiger partial charge in [0.15, 0.2) is 5.78 Å². The third kappa shape index (κ3) is 3.22. The number of hydrogen-bond donors (Lipinski definition) is 0. The van der Waals surface area contributed by atoms with Gasteiger partial charge in [-0.1, -0.05) is 12.1 Å². The third-order valence-corrected chi connectivity index (χ3v) is 6.39. The molecule has 0 radical (unpaired) electrons. The molecule has 8 heteroatoms. The summed E-state index contributed by atoms with van der Waals surface area (Å²) in [5.74, 6) is -0.392. The maximum Gasteiger partial charge on any atom is 0.323 e. The Labute approximate surface area is 141 Å². The lowest BCUT2D eigenvalue weighted by atomic mass is 10.2. The predicted molar refractivity (Wildman–Crippen MR) is 86.1 cm³/mol. The van der Waals surface area contributed by atoms with E-state index in [-0.39, 0.29) is 22.7 Å². The Kier molecular flexibility index (Phi) is 4.71. The summed E-state index contributed by atoms with van der Waals surface area (Å²) in [7, 11) is -3.64. The molecule has 130 valence electrons. The van der Waals surface area contributed by atoms with Gasteiger partial charge in [0.1, 0.15) is 6.04 Å². The van der Waals surface area contributed by atoms with Crippen molar-refractivity contribution in [1.29, 1.82) is 0 Å². The largest absolute Gasteiger partial charge is 0.464 e. The standard InChI is InChI=1S/C16H20N2O5S/c1-12(19)13-3-2-4-14(11-13)24(21,22)18-8-6-17(7-9-18)15-5-10-23-16(15)20/h2-4,11,15H,5-10H2,1H3/t15-/m0/s1. The summed E-state index contributed by atoms with van der Waals surface area (Å²) < 4.78 is 31.9. The molecule has 0 amide bonds. The van der Waals surface area contributed by atoms with E-state index >= 15 is 0 Å². The van der Waals surface area contributed by atoms with E-state index in [2.05, 4.69) is 0 Å². The van der Waals surface area contributed by atoms with Gasteiger partial charge in [0, 0.05) is 38.2 Å². The molecular formula is C16H20N2O5S. The highest BCUT2D eigenvalue weighted by Crippen LogP contribution is 2.22. The van der Waals surface area contributed by atoms with E-state index in [1.807, 2.05) is 4.90 Å². The number of carbonyl (C=O) groups excluding carboxylic acids is 2. The first-order valence-corrected chi connectivity index (χ1v) is 9.35. The Balaban J connectivity index is 1.72. The average molecular weight is 352 g/mol. The van der Waals surface area contributed by atoms with E-state index in [4.69, 9.17) is 4.74 Å². The van der Waals surface area contributed by atoms with Gasteiger partial charge in [-0.2, -0.15) is 4.31 Å². The van der Waals surface area contributed by atoms with Gasteiger partial charge >= 0.3 is 5.97 Å². The van der Waals surface area contributed by atoms with Crippen molar-refractivity contribution in [2.75, 3.05) is 32.8 Å². The molecule has 1 aromatic carbocycles. The Hall–Kier alpha value is -1.77. The summed E-state index contributed by atoms with van der Waals surface area (Å²) in [5.41, 5.74) is 0.378. The molecule has 2 aliphatic rings. The number of hydrogen-bond acceptors (Lipinski definition) is 6. The molecule has 0 aromatic heterocycles. The molecule has 7 nitrogen and oxygen atoms in total. The zero-order chi connectivity index (χ0) is 17.3. The molecule has 0 bridgehead atoms. The van der Waals surface area contributed by atoms with E-state index in [1.54, 1.807) is 12.1 Å². The molecule has 2 saturated heterocycles. The Morgan fingerprint density at radius 1 is 1.21 bits per heavy atom. The van der Waals surface area contributed by atoms with Gasteiger partial charge in [0.2, 0.25) is 10.0 Å². The first-order chi connectivity index (χ1) is 11.4. The lowest BCUT2D eigenvalue weighted by molar-refractivity contribution is -0.142. The van der Waals surface area contributed by atoms with E-state index in [1.165, 1.54) is 23.4 Å². The van der Waals surface area contributed by atoms with Gasteiger partial charge < -0.3 is 4.74 Å². The van der Waals surface area contributed by atoms with Crippen molar-refractivity contribution in [2.24, 2.45) is 0 Å². The SMILES string of the molecule is CC(=O)c1cccc(S(=O)(=O)N2CCN([C@H]3CCOC3=O)CC2)c1. The number of carbonyl (C=O) groups is 2. The van der Waals surface area contributed by atoms with Crippen LogP contribution in [-0.4, -0.2) is 68.2 Å². The highest BCUT2D eigenvalue weighted by atomic mass is 32.2. The summed E-state index contributed by atoms with van der Waals surface area (Å²) >= 11 is 0. The molecule has 0 saturated carbocycles. The number of ketones is 1. The van der Waals surface area contributed by atoms with E-state index < -0.39 is 10.0 Å². The van der Waals surface area contributed by atoms with E-state index in [0.29, 0.717) is 44.8 Å². The molecule has 0 N–H and O–H groups in total. The van der Waals surface area contributed by atoms with Crippen molar-refractivity contribution in [3.63, 3.8) is 0 Å². The first-order valence-electron chi connectivity index (χ1n) is 7.91.